The molecule has 0 aromatic heterocycles. The van der Waals surface area contributed by atoms with Crippen molar-refractivity contribution in [3.8, 4) is 0 Å². The third-order valence-corrected chi connectivity index (χ3v) is 6.97. The Morgan fingerprint density at radius 3 is 2.44 bits per heavy atom. The number of carbonyl (C=O) groups excluding carboxylic acids is 2. The van der Waals surface area contributed by atoms with Crippen molar-refractivity contribution in [1.29, 1.82) is 0 Å². The van der Waals surface area contributed by atoms with Gasteiger partial charge in [-0.05, 0) is 70.3 Å². The first kappa shape index (κ1) is 24.1. The van der Waals surface area contributed by atoms with Crippen LogP contribution in [0.4, 0.5) is 0 Å². The van der Waals surface area contributed by atoms with E-state index in [1.54, 1.807) is 5.01 Å². The molecule has 6 heteroatoms. The number of hydrazone groups is 1. The second-order valence-electron chi connectivity index (χ2n) is 9.48. The van der Waals surface area contributed by atoms with Crippen molar-refractivity contribution in [1.82, 2.24) is 9.91 Å². The molecule has 1 atom stereocenters. The molecule has 0 radical (unpaired) electrons. The van der Waals surface area contributed by atoms with Crippen LogP contribution in [0.5, 0.6) is 0 Å². The molecule has 1 amide bonds. The lowest BCUT2D eigenvalue weighted by Gasteiger charge is -2.32. The number of carbonyl (C=O) groups is 2. The van der Waals surface area contributed by atoms with Crippen LogP contribution in [-0.4, -0.2) is 53.7 Å². The van der Waals surface area contributed by atoms with Gasteiger partial charge < -0.3 is 4.74 Å². The number of benzene rings is 2. The van der Waals surface area contributed by atoms with E-state index >= 15 is 0 Å². The van der Waals surface area contributed by atoms with Crippen molar-refractivity contribution in [2.45, 2.75) is 53.0 Å². The van der Waals surface area contributed by atoms with Crippen molar-refractivity contribution in [3.63, 3.8) is 0 Å². The van der Waals surface area contributed by atoms with Crippen LogP contribution in [0, 0.1) is 26.7 Å². The molecule has 0 aliphatic carbocycles. The van der Waals surface area contributed by atoms with Gasteiger partial charge in [0.05, 0.1) is 30.8 Å². The minimum Gasteiger partial charge on any atom is -0.466 e. The highest BCUT2D eigenvalue weighted by Crippen LogP contribution is 2.35. The molecule has 1 fully saturated rings. The van der Waals surface area contributed by atoms with Gasteiger partial charge >= 0.3 is 5.97 Å². The number of nitrogens with zero attached hydrogens (tertiary/aromatic N) is 3. The number of rotatable bonds is 6. The lowest BCUT2D eigenvalue weighted by Crippen LogP contribution is -2.43. The maximum atomic E-state index is 13.5. The molecule has 0 spiro atoms. The minimum atomic E-state index is -0.115. The van der Waals surface area contributed by atoms with Crippen LogP contribution >= 0.6 is 0 Å². The summed E-state index contributed by atoms with van der Waals surface area (Å²) in [4.78, 5) is 27.7. The van der Waals surface area contributed by atoms with Gasteiger partial charge in [-0.2, -0.15) is 5.10 Å². The summed E-state index contributed by atoms with van der Waals surface area (Å²) in [5, 5.41) is 6.58. The molecule has 0 N–H and O–H groups in total. The zero-order valence-corrected chi connectivity index (χ0v) is 20.7. The molecule has 0 unspecified atom stereocenters. The Bertz CT molecular complexity index is 1090. The first-order valence-electron chi connectivity index (χ1n) is 12.3. The Kier molecular flexibility index (Phi) is 7.47. The summed E-state index contributed by atoms with van der Waals surface area (Å²) in [5.41, 5.74) is 6.76. The quantitative estimate of drug-likeness (QED) is 0.592. The Morgan fingerprint density at radius 2 is 1.76 bits per heavy atom. The second-order valence-corrected chi connectivity index (χ2v) is 9.48. The van der Waals surface area contributed by atoms with E-state index in [0.717, 1.165) is 35.2 Å². The average Bonchev–Trinajstić information content (AvgIpc) is 3.25. The van der Waals surface area contributed by atoms with Crippen molar-refractivity contribution in [2.75, 3.05) is 26.2 Å². The monoisotopic (exact) mass is 461 g/mol. The fourth-order valence-corrected chi connectivity index (χ4v) is 5.09. The van der Waals surface area contributed by atoms with Gasteiger partial charge in [0, 0.05) is 12.0 Å². The Balaban J connectivity index is 1.53. The molecular weight excluding hydrogens is 426 g/mol. The summed E-state index contributed by atoms with van der Waals surface area (Å²) in [6.45, 7) is 10.3. The number of aryl methyl sites for hydroxylation is 3. The topological polar surface area (TPSA) is 62.2 Å². The highest BCUT2D eigenvalue weighted by molar-refractivity contribution is 6.04. The molecule has 2 aromatic rings. The van der Waals surface area contributed by atoms with E-state index in [-0.39, 0.29) is 23.8 Å². The SMILES string of the molecule is CCOC(=O)C1CCN(CC(=O)N2N=C(c3ccc(C)cc3C)C[C@@H]2c2ccccc2C)CC1. The molecule has 1 saturated heterocycles. The predicted molar refractivity (Wildman–Crippen MR) is 134 cm³/mol. The molecule has 180 valence electrons. The molecule has 2 aliphatic rings. The first-order chi connectivity index (χ1) is 16.4. The summed E-state index contributed by atoms with van der Waals surface area (Å²) in [6, 6.07) is 14.5. The van der Waals surface area contributed by atoms with Crippen LogP contribution in [0.15, 0.2) is 47.6 Å². The predicted octanol–water partition coefficient (Wildman–Crippen LogP) is 4.56. The van der Waals surface area contributed by atoms with Crippen LogP contribution in [0.2, 0.25) is 0 Å². The number of ether oxygens (including phenoxy) is 1. The van der Waals surface area contributed by atoms with Gasteiger partial charge in [0.25, 0.3) is 5.91 Å². The van der Waals surface area contributed by atoms with E-state index in [9.17, 15) is 9.59 Å². The molecule has 0 bridgehead atoms. The summed E-state index contributed by atoms with van der Waals surface area (Å²) >= 11 is 0. The number of hydrogen-bond donors (Lipinski definition) is 0. The van der Waals surface area contributed by atoms with Gasteiger partial charge in [-0.15, -0.1) is 0 Å². The smallest absolute Gasteiger partial charge is 0.309 e. The van der Waals surface area contributed by atoms with E-state index in [1.807, 2.05) is 19.1 Å². The van der Waals surface area contributed by atoms with Crippen LogP contribution in [-0.2, 0) is 14.3 Å². The zero-order chi connectivity index (χ0) is 24.2. The summed E-state index contributed by atoms with van der Waals surface area (Å²) in [7, 11) is 0. The van der Waals surface area contributed by atoms with Gasteiger partial charge in [0.2, 0.25) is 0 Å². The molecule has 0 saturated carbocycles. The standard InChI is InChI=1S/C28H35N3O3/c1-5-34-28(33)22-12-14-30(15-13-22)18-27(32)31-26(24-9-7-6-8-20(24)3)17-25(29-31)23-11-10-19(2)16-21(23)4/h6-11,16,22,26H,5,12-15,17-18H2,1-4H3/t26-/m1/s1. The van der Waals surface area contributed by atoms with E-state index in [1.165, 1.54) is 11.1 Å². The third-order valence-electron chi connectivity index (χ3n) is 6.97. The maximum Gasteiger partial charge on any atom is 0.309 e. The molecule has 2 heterocycles. The van der Waals surface area contributed by atoms with Gasteiger partial charge in [0.1, 0.15) is 0 Å². The highest BCUT2D eigenvalue weighted by Gasteiger charge is 2.35. The van der Waals surface area contributed by atoms with Crippen LogP contribution < -0.4 is 0 Å². The lowest BCUT2D eigenvalue weighted by atomic mass is 9.93. The van der Waals surface area contributed by atoms with Crippen molar-refractivity contribution in [3.05, 3.63) is 70.3 Å². The Morgan fingerprint density at radius 1 is 1.03 bits per heavy atom. The van der Waals surface area contributed by atoms with Crippen LogP contribution in [0.3, 0.4) is 0 Å². The number of likely N-dealkylation sites (tertiary alicyclic amines) is 1. The van der Waals surface area contributed by atoms with Crippen molar-refractivity contribution in [2.24, 2.45) is 11.0 Å². The van der Waals surface area contributed by atoms with Gasteiger partial charge in [-0.1, -0.05) is 48.0 Å². The van der Waals surface area contributed by atoms with Gasteiger partial charge in [-0.3, -0.25) is 14.5 Å². The van der Waals surface area contributed by atoms with Crippen LogP contribution in [0.25, 0.3) is 0 Å². The molecule has 34 heavy (non-hydrogen) atoms. The Labute approximate surface area is 202 Å². The van der Waals surface area contributed by atoms with E-state index in [4.69, 9.17) is 9.84 Å². The normalized spacial score (nSPS) is 19.2. The number of piperidine rings is 1. The summed E-state index contributed by atoms with van der Waals surface area (Å²) in [6.07, 6.45) is 2.15. The molecular formula is C28H35N3O3. The number of hydrogen-bond acceptors (Lipinski definition) is 5. The third kappa shape index (κ3) is 5.22. The van der Waals surface area contributed by atoms with Gasteiger partial charge in [0.15, 0.2) is 0 Å². The highest BCUT2D eigenvalue weighted by atomic mass is 16.5. The molecule has 6 nitrogen and oxygen atoms in total. The van der Waals surface area contributed by atoms with Crippen molar-refractivity contribution < 1.29 is 14.3 Å². The lowest BCUT2D eigenvalue weighted by molar-refractivity contribution is -0.149. The van der Waals surface area contributed by atoms with E-state index in [2.05, 4.69) is 56.0 Å². The largest absolute Gasteiger partial charge is 0.466 e. The summed E-state index contributed by atoms with van der Waals surface area (Å²) in [5.74, 6) is -0.176. The second kappa shape index (κ2) is 10.5. The molecule has 4 rings (SSSR count). The minimum absolute atomic E-state index is 0.00241. The van der Waals surface area contributed by atoms with Gasteiger partial charge in [-0.25, -0.2) is 5.01 Å². The maximum absolute atomic E-state index is 13.5. The average molecular weight is 462 g/mol. The molecule has 2 aliphatic heterocycles. The zero-order valence-electron chi connectivity index (χ0n) is 20.7. The molecule has 2 aromatic carbocycles. The number of amides is 1. The fraction of sp³-hybridized carbons (Fsp3) is 0.464. The van der Waals surface area contributed by atoms with E-state index < -0.39 is 0 Å². The Hall–Kier alpha value is -2.99. The van der Waals surface area contributed by atoms with Crippen molar-refractivity contribution >= 4 is 17.6 Å². The van der Waals surface area contributed by atoms with Crippen LogP contribution in [0.1, 0.15) is 60.0 Å². The number of esters is 1. The fourth-order valence-electron chi connectivity index (χ4n) is 5.09. The van der Waals surface area contributed by atoms with E-state index in [0.29, 0.717) is 32.7 Å². The first-order valence-corrected chi connectivity index (χ1v) is 12.3. The summed E-state index contributed by atoms with van der Waals surface area (Å²) < 4.78 is 5.17.